The second-order valence-electron chi connectivity index (χ2n) is 8.37. The lowest BCUT2D eigenvalue weighted by atomic mass is 9.71. The number of alkyl halides is 1. The second-order valence-corrected chi connectivity index (χ2v) is 9.19. The van der Waals surface area contributed by atoms with Crippen LogP contribution in [0.3, 0.4) is 0 Å². The summed E-state index contributed by atoms with van der Waals surface area (Å²) in [5, 5.41) is 24.0. The molecule has 166 valence electrons. The normalized spacial score (nSPS) is 28.1. The predicted octanol–water partition coefficient (Wildman–Crippen LogP) is 5.37. The zero-order chi connectivity index (χ0) is 22.3. The number of fused-ring (bicyclic) bond motifs is 3. The van der Waals surface area contributed by atoms with Crippen LogP contribution in [-0.4, -0.2) is 28.8 Å². The van der Waals surface area contributed by atoms with Crippen molar-refractivity contribution in [3.05, 3.63) is 94.5 Å². The molecule has 4 nitrogen and oxygen atoms in total. The fraction of sp³-hybridized carbons (Fsp3) is 0.308. The molecule has 1 heterocycles. The minimum absolute atomic E-state index is 0.280. The van der Waals surface area contributed by atoms with Gasteiger partial charge in [-0.15, -0.1) is 11.6 Å². The van der Waals surface area contributed by atoms with Gasteiger partial charge in [-0.2, -0.15) is 0 Å². The molecule has 4 atom stereocenters. The van der Waals surface area contributed by atoms with Crippen molar-refractivity contribution < 1.29 is 19.7 Å². The van der Waals surface area contributed by atoms with Gasteiger partial charge in [-0.25, -0.2) is 0 Å². The number of halogens is 2. The summed E-state index contributed by atoms with van der Waals surface area (Å²) in [6.07, 6.45) is 0.0661. The molecule has 2 N–H and O–H groups in total. The van der Waals surface area contributed by atoms with Crippen LogP contribution in [0.2, 0.25) is 5.02 Å². The number of benzene rings is 3. The van der Waals surface area contributed by atoms with Crippen LogP contribution in [0, 0.1) is 0 Å². The Balaban J connectivity index is 1.67. The molecule has 32 heavy (non-hydrogen) atoms. The number of hydrogen-bond donors (Lipinski definition) is 2. The van der Waals surface area contributed by atoms with Gasteiger partial charge in [0.2, 0.25) is 0 Å². The number of ether oxygens (including phenoxy) is 2. The standard InChI is InChI=1S/C26H24Cl2O4/c27-13-4-14-31-20-11-12-21-23(15-20)32-26(18-7-9-19(28)10-8-18)22(16-24(29)25(21,26)30)17-5-2-1-3-6-17/h1-3,5-12,15,22,24,29-30H,4,13-14,16H2/t22-,24+,25-,26-/m1/s1. The maximum Gasteiger partial charge on any atom is 0.176 e. The fourth-order valence-corrected chi connectivity index (χ4v) is 5.48. The Morgan fingerprint density at radius 1 is 1.03 bits per heavy atom. The number of aliphatic hydroxyl groups is 2. The molecule has 3 aromatic carbocycles. The summed E-state index contributed by atoms with van der Waals surface area (Å²) in [6.45, 7) is 0.490. The molecule has 0 amide bonds. The molecule has 0 spiro atoms. The molecule has 0 bridgehead atoms. The summed E-state index contributed by atoms with van der Waals surface area (Å²) in [6, 6.07) is 22.6. The zero-order valence-electron chi connectivity index (χ0n) is 17.4. The van der Waals surface area contributed by atoms with Gasteiger partial charge in [-0.05, 0) is 48.2 Å². The first-order chi connectivity index (χ1) is 15.5. The van der Waals surface area contributed by atoms with Gasteiger partial charge in [0, 0.05) is 28.5 Å². The second kappa shape index (κ2) is 8.27. The number of aliphatic hydroxyl groups excluding tert-OH is 1. The Kier molecular flexibility index (Phi) is 5.58. The van der Waals surface area contributed by atoms with Crippen molar-refractivity contribution in [1.82, 2.24) is 0 Å². The van der Waals surface area contributed by atoms with Gasteiger partial charge in [-0.3, -0.25) is 0 Å². The molecule has 1 saturated carbocycles. The Hall–Kier alpha value is -2.24. The highest BCUT2D eigenvalue weighted by Gasteiger charge is 2.72. The monoisotopic (exact) mass is 470 g/mol. The molecule has 3 aromatic rings. The van der Waals surface area contributed by atoms with Crippen molar-refractivity contribution >= 4 is 23.2 Å². The molecule has 0 unspecified atom stereocenters. The highest BCUT2D eigenvalue weighted by molar-refractivity contribution is 6.30. The van der Waals surface area contributed by atoms with E-state index in [4.69, 9.17) is 32.7 Å². The van der Waals surface area contributed by atoms with Crippen LogP contribution in [-0.2, 0) is 11.2 Å². The van der Waals surface area contributed by atoms with E-state index in [2.05, 4.69) is 0 Å². The Labute approximate surface area is 197 Å². The Bertz CT molecular complexity index is 1100. The van der Waals surface area contributed by atoms with Gasteiger partial charge in [-0.1, -0.05) is 54.1 Å². The third-order valence-corrected chi connectivity index (χ3v) is 7.17. The van der Waals surface area contributed by atoms with Crippen LogP contribution in [0.4, 0.5) is 0 Å². The Morgan fingerprint density at radius 2 is 1.78 bits per heavy atom. The van der Waals surface area contributed by atoms with Crippen molar-refractivity contribution in [2.24, 2.45) is 0 Å². The topological polar surface area (TPSA) is 58.9 Å². The number of hydrogen-bond acceptors (Lipinski definition) is 4. The minimum atomic E-state index is -1.63. The SMILES string of the molecule is O[C@H]1C[C@H](c2ccccc2)[C@@]2(c3ccc(Cl)cc3)Oc3cc(OCCCCl)ccc3[C@@]12O. The molecule has 0 radical (unpaired) electrons. The quantitative estimate of drug-likeness (QED) is 0.375. The van der Waals surface area contributed by atoms with E-state index in [1.165, 1.54) is 0 Å². The van der Waals surface area contributed by atoms with E-state index < -0.39 is 17.3 Å². The molecule has 0 saturated heterocycles. The smallest absolute Gasteiger partial charge is 0.176 e. The molecule has 1 aliphatic heterocycles. The maximum absolute atomic E-state index is 12.2. The molecule has 2 aliphatic rings. The lowest BCUT2D eigenvalue weighted by Gasteiger charge is -2.40. The fourth-order valence-electron chi connectivity index (χ4n) is 5.24. The van der Waals surface area contributed by atoms with E-state index in [0.717, 1.165) is 17.5 Å². The molecule has 0 aromatic heterocycles. The van der Waals surface area contributed by atoms with Gasteiger partial charge >= 0.3 is 0 Å². The van der Waals surface area contributed by atoms with Crippen LogP contribution >= 0.6 is 23.2 Å². The molecule has 1 aliphatic carbocycles. The van der Waals surface area contributed by atoms with Gasteiger partial charge < -0.3 is 19.7 Å². The molecule has 6 heteroatoms. The molecular formula is C26H24Cl2O4. The van der Waals surface area contributed by atoms with Crippen LogP contribution in [0.15, 0.2) is 72.8 Å². The van der Waals surface area contributed by atoms with Crippen molar-refractivity contribution in [3.8, 4) is 11.5 Å². The number of rotatable bonds is 6. The van der Waals surface area contributed by atoms with E-state index >= 15 is 0 Å². The van der Waals surface area contributed by atoms with E-state index in [0.29, 0.717) is 41.0 Å². The van der Waals surface area contributed by atoms with Crippen LogP contribution < -0.4 is 9.47 Å². The highest BCUT2D eigenvalue weighted by Crippen LogP contribution is 2.66. The lowest BCUT2D eigenvalue weighted by molar-refractivity contribution is -0.149. The summed E-state index contributed by atoms with van der Waals surface area (Å²) in [5.74, 6) is 1.38. The average Bonchev–Trinajstić information content (AvgIpc) is 3.20. The minimum Gasteiger partial charge on any atom is -0.493 e. The zero-order valence-corrected chi connectivity index (χ0v) is 18.9. The van der Waals surface area contributed by atoms with Gasteiger partial charge in [0.15, 0.2) is 11.2 Å². The van der Waals surface area contributed by atoms with Crippen LogP contribution in [0.25, 0.3) is 0 Å². The molecule has 1 fully saturated rings. The first kappa shape index (κ1) is 21.6. The summed E-state index contributed by atoms with van der Waals surface area (Å²) in [5.41, 5.74) is -0.539. The summed E-state index contributed by atoms with van der Waals surface area (Å²) in [7, 11) is 0. The Morgan fingerprint density at radius 3 is 2.50 bits per heavy atom. The van der Waals surface area contributed by atoms with Crippen molar-refractivity contribution in [2.45, 2.75) is 36.1 Å². The third-order valence-electron chi connectivity index (χ3n) is 6.65. The molecule has 5 rings (SSSR count). The van der Waals surface area contributed by atoms with Crippen LogP contribution in [0.5, 0.6) is 11.5 Å². The van der Waals surface area contributed by atoms with Crippen molar-refractivity contribution in [3.63, 3.8) is 0 Å². The largest absolute Gasteiger partial charge is 0.493 e. The van der Waals surface area contributed by atoms with Gasteiger partial charge in [0.1, 0.15) is 11.5 Å². The first-order valence-corrected chi connectivity index (χ1v) is 11.7. The van der Waals surface area contributed by atoms with Crippen LogP contribution in [0.1, 0.15) is 35.4 Å². The van der Waals surface area contributed by atoms with E-state index in [1.54, 1.807) is 30.3 Å². The van der Waals surface area contributed by atoms with E-state index in [-0.39, 0.29) is 5.92 Å². The van der Waals surface area contributed by atoms with E-state index in [1.807, 2.05) is 42.5 Å². The van der Waals surface area contributed by atoms with Crippen molar-refractivity contribution in [1.29, 1.82) is 0 Å². The summed E-state index contributed by atoms with van der Waals surface area (Å²) >= 11 is 11.9. The van der Waals surface area contributed by atoms with E-state index in [9.17, 15) is 10.2 Å². The predicted molar refractivity (Wildman–Crippen MR) is 125 cm³/mol. The van der Waals surface area contributed by atoms with Gasteiger partial charge in [0.05, 0.1) is 12.7 Å². The summed E-state index contributed by atoms with van der Waals surface area (Å²) in [4.78, 5) is 0. The lowest BCUT2D eigenvalue weighted by Crippen LogP contribution is -2.51. The van der Waals surface area contributed by atoms with Crippen molar-refractivity contribution in [2.75, 3.05) is 12.5 Å². The molecular weight excluding hydrogens is 447 g/mol. The highest BCUT2D eigenvalue weighted by atomic mass is 35.5. The van der Waals surface area contributed by atoms with Gasteiger partial charge in [0.25, 0.3) is 0 Å². The maximum atomic E-state index is 12.2. The first-order valence-electron chi connectivity index (χ1n) is 10.7. The third kappa shape index (κ3) is 3.12. The average molecular weight is 471 g/mol. The summed E-state index contributed by atoms with van der Waals surface area (Å²) < 4.78 is 12.5.